The topological polar surface area (TPSA) is 81.4 Å². The predicted octanol–water partition coefficient (Wildman–Crippen LogP) is 1.19. The van der Waals surface area contributed by atoms with Gasteiger partial charge < -0.3 is 10.1 Å². The maximum absolute atomic E-state index is 12.3. The van der Waals surface area contributed by atoms with Gasteiger partial charge in [-0.05, 0) is 17.7 Å². The van der Waals surface area contributed by atoms with Crippen molar-refractivity contribution in [2.24, 2.45) is 0 Å². The summed E-state index contributed by atoms with van der Waals surface area (Å²) in [5.41, 5.74) is 1.09. The number of methoxy groups -OCH3 is 1. The highest BCUT2D eigenvalue weighted by Gasteiger charge is 2.11. The average molecular weight is 303 g/mol. The summed E-state index contributed by atoms with van der Waals surface area (Å²) in [6.45, 7) is 0. The molecule has 0 saturated carbocycles. The number of ether oxygens (including phenoxy) is 1. The Bertz CT molecular complexity index is 825. The number of hydrogen-bond acceptors (Lipinski definition) is 7. The van der Waals surface area contributed by atoms with Crippen LogP contribution in [0.2, 0.25) is 0 Å². The fourth-order valence-corrected chi connectivity index (χ4v) is 2.58. The molecule has 0 aliphatic carbocycles. The van der Waals surface area contributed by atoms with Gasteiger partial charge in [0, 0.05) is 13.5 Å². The molecule has 8 heteroatoms. The number of rotatable bonds is 4. The van der Waals surface area contributed by atoms with E-state index in [1.165, 1.54) is 15.9 Å². The van der Waals surface area contributed by atoms with Crippen LogP contribution in [0.3, 0.4) is 0 Å². The Labute approximate surface area is 124 Å². The molecule has 0 amide bonds. The molecule has 0 saturated heterocycles. The highest BCUT2D eigenvalue weighted by molar-refractivity contribution is 7.20. The molecular weight excluding hydrogens is 290 g/mol. The second kappa shape index (κ2) is 5.49. The Morgan fingerprint density at radius 1 is 1.29 bits per heavy atom. The van der Waals surface area contributed by atoms with E-state index < -0.39 is 0 Å². The first kappa shape index (κ1) is 13.5. The molecule has 3 rings (SSSR count). The molecule has 1 N–H and O–H groups in total. The van der Waals surface area contributed by atoms with E-state index >= 15 is 0 Å². The lowest BCUT2D eigenvalue weighted by Crippen LogP contribution is -2.22. The van der Waals surface area contributed by atoms with Gasteiger partial charge in [0.15, 0.2) is 0 Å². The Balaban J connectivity index is 1.96. The Hall–Kier alpha value is -2.48. The molecule has 0 unspecified atom stereocenters. The number of nitrogens with one attached hydrogen (secondary N) is 1. The van der Waals surface area contributed by atoms with Crippen molar-refractivity contribution in [3.63, 3.8) is 0 Å². The second-order valence-electron chi connectivity index (χ2n) is 4.33. The van der Waals surface area contributed by atoms with Crippen LogP contribution < -0.4 is 15.6 Å². The lowest BCUT2D eigenvalue weighted by molar-refractivity contribution is 0.414. The summed E-state index contributed by atoms with van der Waals surface area (Å²) in [5.74, 6) is 0.773. The molecule has 0 bridgehead atoms. The molecule has 0 atom stereocenters. The van der Waals surface area contributed by atoms with Crippen molar-refractivity contribution >= 4 is 21.4 Å². The monoisotopic (exact) mass is 303 g/mol. The third kappa shape index (κ3) is 2.57. The zero-order valence-electron chi connectivity index (χ0n) is 11.5. The highest BCUT2D eigenvalue weighted by atomic mass is 32.1. The van der Waals surface area contributed by atoms with Crippen molar-refractivity contribution in [1.82, 2.24) is 19.8 Å². The summed E-state index contributed by atoms with van der Waals surface area (Å²) >= 11 is 1.28. The number of aromatic nitrogens is 4. The minimum atomic E-state index is -0.242. The van der Waals surface area contributed by atoms with Crippen LogP contribution in [-0.4, -0.2) is 34.0 Å². The smallest absolute Gasteiger partial charge is 0.297 e. The van der Waals surface area contributed by atoms with E-state index in [2.05, 4.69) is 20.6 Å². The van der Waals surface area contributed by atoms with Gasteiger partial charge in [-0.15, -0.1) is 15.3 Å². The van der Waals surface area contributed by atoms with Crippen LogP contribution in [0.5, 0.6) is 5.75 Å². The van der Waals surface area contributed by atoms with Gasteiger partial charge in [-0.25, -0.2) is 0 Å². The van der Waals surface area contributed by atoms with E-state index in [1.807, 2.05) is 24.3 Å². The molecule has 0 radical (unpaired) electrons. The molecule has 3 aromatic rings. The van der Waals surface area contributed by atoms with Gasteiger partial charge in [0.1, 0.15) is 11.4 Å². The lowest BCUT2D eigenvalue weighted by atomic mass is 10.1. The first-order valence-corrected chi connectivity index (χ1v) is 7.09. The van der Waals surface area contributed by atoms with Gasteiger partial charge in [-0.1, -0.05) is 23.5 Å². The van der Waals surface area contributed by atoms with E-state index in [4.69, 9.17) is 4.74 Å². The van der Waals surface area contributed by atoms with E-state index in [-0.39, 0.29) is 5.56 Å². The van der Waals surface area contributed by atoms with Crippen LogP contribution in [0.4, 0.5) is 5.13 Å². The standard InChI is InChI=1S/C13H13N5O2S/c1-14-12-17-18-11(19)10(15-16-13(18)21-12)7-8-3-5-9(20-2)6-4-8/h3-6H,7H2,1-2H3,(H,14,17). The molecule has 0 fully saturated rings. The van der Waals surface area contributed by atoms with Crippen molar-refractivity contribution in [2.45, 2.75) is 6.42 Å². The lowest BCUT2D eigenvalue weighted by Gasteiger charge is -2.02. The molecule has 0 spiro atoms. The maximum Gasteiger partial charge on any atom is 0.297 e. The average Bonchev–Trinajstić information content (AvgIpc) is 2.95. The number of fused-ring (bicyclic) bond motifs is 1. The van der Waals surface area contributed by atoms with Gasteiger partial charge in [-0.2, -0.15) is 4.52 Å². The first-order chi connectivity index (χ1) is 10.2. The number of anilines is 1. The maximum atomic E-state index is 12.3. The van der Waals surface area contributed by atoms with Gasteiger partial charge in [0.25, 0.3) is 5.56 Å². The van der Waals surface area contributed by atoms with Crippen molar-refractivity contribution < 1.29 is 4.74 Å². The minimum Gasteiger partial charge on any atom is -0.497 e. The van der Waals surface area contributed by atoms with Crippen LogP contribution in [0.15, 0.2) is 29.1 Å². The van der Waals surface area contributed by atoms with E-state index in [0.29, 0.717) is 22.2 Å². The molecule has 7 nitrogen and oxygen atoms in total. The molecule has 2 aromatic heterocycles. The number of hydrogen-bond donors (Lipinski definition) is 1. The SMILES string of the molecule is CNc1nn2c(=O)c(Cc3ccc(OC)cc3)nnc2s1. The van der Waals surface area contributed by atoms with E-state index in [9.17, 15) is 4.79 Å². The zero-order valence-corrected chi connectivity index (χ0v) is 12.3. The largest absolute Gasteiger partial charge is 0.497 e. The third-order valence-corrected chi connectivity index (χ3v) is 3.92. The fourth-order valence-electron chi connectivity index (χ4n) is 1.90. The van der Waals surface area contributed by atoms with Gasteiger partial charge >= 0.3 is 0 Å². The highest BCUT2D eigenvalue weighted by Crippen LogP contribution is 2.16. The molecular formula is C13H13N5O2S. The van der Waals surface area contributed by atoms with Crippen molar-refractivity contribution in [1.29, 1.82) is 0 Å². The van der Waals surface area contributed by atoms with E-state index in [0.717, 1.165) is 11.3 Å². The molecule has 108 valence electrons. The van der Waals surface area contributed by atoms with Gasteiger partial charge in [0.2, 0.25) is 10.1 Å². The van der Waals surface area contributed by atoms with Gasteiger partial charge in [-0.3, -0.25) is 4.79 Å². The normalized spacial score (nSPS) is 10.8. The zero-order chi connectivity index (χ0) is 14.8. The van der Waals surface area contributed by atoms with Crippen LogP contribution in [0.25, 0.3) is 4.96 Å². The predicted molar refractivity (Wildman–Crippen MR) is 80.3 cm³/mol. The number of nitrogens with zero attached hydrogens (tertiary/aromatic N) is 4. The molecule has 2 heterocycles. The summed E-state index contributed by atoms with van der Waals surface area (Å²) in [4.78, 5) is 12.8. The summed E-state index contributed by atoms with van der Waals surface area (Å²) in [6, 6.07) is 7.49. The summed E-state index contributed by atoms with van der Waals surface area (Å²) in [6.07, 6.45) is 0.408. The molecule has 0 aliphatic heterocycles. The van der Waals surface area contributed by atoms with Crippen molar-refractivity contribution in [3.8, 4) is 5.75 Å². The summed E-state index contributed by atoms with van der Waals surface area (Å²) in [5, 5.41) is 15.7. The minimum absolute atomic E-state index is 0.242. The van der Waals surface area contributed by atoms with Crippen LogP contribution >= 0.6 is 11.3 Å². The second-order valence-corrected chi connectivity index (χ2v) is 5.28. The summed E-state index contributed by atoms with van der Waals surface area (Å²) < 4.78 is 6.39. The quantitative estimate of drug-likeness (QED) is 0.779. The molecule has 0 aliphatic rings. The van der Waals surface area contributed by atoms with Gasteiger partial charge in [0.05, 0.1) is 7.11 Å². The van der Waals surface area contributed by atoms with Crippen LogP contribution in [0, 0.1) is 0 Å². The van der Waals surface area contributed by atoms with Crippen molar-refractivity contribution in [3.05, 3.63) is 45.9 Å². The number of benzene rings is 1. The van der Waals surface area contributed by atoms with Crippen LogP contribution in [-0.2, 0) is 6.42 Å². The fraction of sp³-hybridized carbons (Fsp3) is 0.231. The Morgan fingerprint density at radius 3 is 2.71 bits per heavy atom. The molecule has 21 heavy (non-hydrogen) atoms. The van der Waals surface area contributed by atoms with Crippen LogP contribution in [0.1, 0.15) is 11.3 Å². The first-order valence-electron chi connectivity index (χ1n) is 6.27. The van der Waals surface area contributed by atoms with E-state index in [1.54, 1.807) is 14.2 Å². The Kier molecular flexibility index (Phi) is 3.53. The third-order valence-electron chi connectivity index (χ3n) is 3.00. The van der Waals surface area contributed by atoms with Crippen molar-refractivity contribution in [2.75, 3.05) is 19.5 Å². The molecule has 1 aromatic carbocycles. The Morgan fingerprint density at radius 2 is 2.05 bits per heavy atom. The summed E-state index contributed by atoms with van der Waals surface area (Å²) in [7, 11) is 3.36.